The third kappa shape index (κ3) is 2.98. The van der Waals surface area contributed by atoms with Crippen LogP contribution in [0, 0.1) is 6.92 Å². The van der Waals surface area contributed by atoms with Crippen molar-refractivity contribution in [1.82, 2.24) is 0 Å². The Balaban J connectivity index is 2.04. The van der Waals surface area contributed by atoms with Gasteiger partial charge in [0.1, 0.15) is 0 Å². The summed E-state index contributed by atoms with van der Waals surface area (Å²) in [5, 5.41) is 0. The van der Waals surface area contributed by atoms with Crippen molar-refractivity contribution in [1.29, 1.82) is 0 Å². The first kappa shape index (κ1) is 16.1. The second kappa shape index (κ2) is 6.36. The Labute approximate surface area is 139 Å². The Morgan fingerprint density at radius 3 is 2.04 bits per heavy atom. The van der Waals surface area contributed by atoms with Crippen LogP contribution in [0.1, 0.15) is 21.5 Å². The maximum absolute atomic E-state index is 14.7. The molecule has 0 N–H and O–H groups in total. The van der Waals surface area contributed by atoms with Crippen molar-refractivity contribution >= 4 is 5.78 Å². The first-order valence-corrected chi connectivity index (χ1v) is 7.64. The molecule has 0 bridgehead atoms. The van der Waals surface area contributed by atoms with Gasteiger partial charge in [0.25, 0.3) is 0 Å². The van der Waals surface area contributed by atoms with Gasteiger partial charge in [0, 0.05) is 11.1 Å². The van der Waals surface area contributed by atoms with E-state index in [2.05, 4.69) is 0 Å². The van der Waals surface area contributed by atoms with Gasteiger partial charge >= 0.3 is 5.92 Å². The van der Waals surface area contributed by atoms with Crippen LogP contribution >= 0.6 is 0 Å². The van der Waals surface area contributed by atoms with Gasteiger partial charge in [-0.3, -0.25) is 4.79 Å². The number of ketones is 1. The van der Waals surface area contributed by atoms with Crippen LogP contribution in [0.2, 0.25) is 0 Å². The molecule has 0 radical (unpaired) electrons. The maximum atomic E-state index is 14.7. The summed E-state index contributed by atoms with van der Waals surface area (Å²) in [5.41, 5.74) is 2.14. The molecule has 3 heteroatoms. The molecule has 3 rings (SSSR count). The van der Waals surface area contributed by atoms with Crippen LogP contribution in [0.25, 0.3) is 11.1 Å². The number of Topliss-reactive ketones (excluding diaryl/α,β-unsaturated/α-hetero) is 1. The molecule has 0 saturated carbocycles. The smallest absolute Gasteiger partial charge is 0.287 e. The minimum absolute atomic E-state index is 0.00401. The highest BCUT2D eigenvalue weighted by molar-refractivity contribution is 6.02. The lowest BCUT2D eigenvalue weighted by atomic mass is 9.93. The number of aryl methyl sites for hydroxylation is 1. The van der Waals surface area contributed by atoms with Gasteiger partial charge < -0.3 is 0 Å². The molecule has 1 nitrogen and oxygen atoms in total. The van der Waals surface area contributed by atoms with E-state index in [9.17, 15) is 13.6 Å². The van der Waals surface area contributed by atoms with Crippen molar-refractivity contribution in [2.75, 3.05) is 0 Å². The minimum Gasteiger partial charge on any atom is -0.287 e. The lowest BCUT2D eigenvalue weighted by molar-refractivity contribution is 0.00745. The van der Waals surface area contributed by atoms with Gasteiger partial charge in [-0.2, -0.15) is 8.78 Å². The van der Waals surface area contributed by atoms with Crippen LogP contribution in [0.15, 0.2) is 78.9 Å². The third-order valence-electron chi connectivity index (χ3n) is 4.01. The Kier molecular flexibility index (Phi) is 4.26. The van der Waals surface area contributed by atoms with Crippen molar-refractivity contribution < 1.29 is 13.6 Å². The molecule has 120 valence electrons. The molecule has 3 aromatic carbocycles. The van der Waals surface area contributed by atoms with Crippen molar-refractivity contribution in [2.45, 2.75) is 12.8 Å². The van der Waals surface area contributed by atoms with E-state index in [1.54, 1.807) is 24.3 Å². The van der Waals surface area contributed by atoms with E-state index in [1.807, 2.05) is 37.3 Å². The highest BCUT2D eigenvalue weighted by Crippen LogP contribution is 2.35. The molecule has 0 aliphatic rings. The van der Waals surface area contributed by atoms with Crippen LogP contribution < -0.4 is 0 Å². The molecule has 0 amide bonds. The van der Waals surface area contributed by atoms with E-state index in [0.717, 1.165) is 11.1 Å². The van der Waals surface area contributed by atoms with Crippen molar-refractivity contribution in [2.24, 2.45) is 0 Å². The number of hydrogen-bond donors (Lipinski definition) is 0. The molecular weight excluding hydrogens is 306 g/mol. The summed E-state index contributed by atoms with van der Waals surface area (Å²) in [6.45, 7) is 1.86. The zero-order chi connectivity index (χ0) is 17.2. The Morgan fingerprint density at radius 1 is 0.833 bits per heavy atom. The van der Waals surface area contributed by atoms with E-state index in [1.165, 1.54) is 24.3 Å². The van der Waals surface area contributed by atoms with Crippen molar-refractivity contribution in [3.8, 4) is 11.1 Å². The lowest BCUT2D eigenvalue weighted by Gasteiger charge is -2.17. The number of carbonyl (C=O) groups is 1. The number of rotatable bonds is 4. The van der Waals surface area contributed by atoms with Gasteiger partial charge in [-0.1, -0.05) is 72.8 Å². The molecular formula is C21H16F2O. The van der Waals surface area contributed by atoms with Gasteiger partial charge in [-0.25, -0.2) is 0 Å². The van der Waals surface area contributed by atoms with E-state index in [0.29, 0.717) is 5.56 Å². The summed E-state index contributed by atoms with van der Waals surface area (Å²) in [6, 6.07) is 21.3. The van der Waals surface area contributed by atoms with Crippen LogP contribution in [0.5, 0.6) is 0 Å². The number of hydrogen-bond acceptors (Lipinski definition) is 1. The highest BCUT2D eigenvalue weighted by atomic mass is 19.3. The lowest BCUT2D eigenvalue weighted by Crippen LogP contribution is -2.26. The average molecular weight is 322 g/mol. The first-order chi connectivity index (χ1) is 11.5. The van der Waals surface area contributed by atoms with E-state index in [-0.39, 0.29) is 11.1 Å². The molecule has 0 saturated heterocycles. The van der Waals surface area contributed by atoms with Gasteiger partial charge in [-0.15, -0.1) is 0 Å². The molecule has 0 unspecified atom stereocenters. The second-order valence-corrected chi connectivity index (χ2v) is 5.67. The first-order valence-electron chi connectivity index (χ1n) is 7.64. The van der Waals surface area contributed by atoms with Crippen molar-refractivity contribution in [3.63, 3.8) is 0 Å². The highest BCUT2D eigenvalue weighted by Gasteiger charge is 2.41. The van der Waals surface area contributed by atoms with Crippen LogP contribution in [0.3, 0.4) is 0 Å². The minimum atomic E-state index is -3.57. The average Bonchev–Trinajstić information content (AvgIpc) is 2.62. The molecule has 0 aromatic heterocycles. The van der Waals surface area contributed by atoms with Crippen LogP contribution in [0.4, 0.5) is 8.78 Å². The van der Waals surface area contributed by atoms with Gasteiger partial charge in [-0.05, 0) is 29.7 Å². The summed E-state index contributed by atoms with van der Waals surface area (Å²) >= 11 is 0. The summed E-state index contributed by atoms with van der Waals surface area (Å²) in [4.78, 5) is 12.2. The predicted octanol–water partition coefficient (Wildman–Crippen LogP) is 5.64. The molecule has 0 atom stereocenters. The van der Waals surface area contributed by atoms with E-state index in [4.69, 9.17) is 0 Å². The summed E-state index contributed by atoms with van der Waals surface area (Å²) in [6.07, 6.45) is 0. The SMILES string of the molecule is Cc1ccc(C(F)(F)C(=O)c2ccccc2)cc1-c1ccccc1. The topological polar surface area (TPSA) is 17.1 Å². The van der Waals surface area contributed by atoms with Gasteiger partial charge in [0.15, 0.2) is 0 Å². The Bertz CT molecular complexity index is 856. The maximum Gasteiger partial charge on any atom is 0.334 e. The predicted molar refractivity (Wildman–Crippen MR) is 91.3 cm³/mol. The zero-order valence-electron chi connectivity index (χ0n) is 13.2. The van der Waals surface area contributed by atoms with Crippen LogP contribution in [-0.4, -0.2) is 5.78 Å². The summed E-state index contributed by atoms with van der Waals surface area (Å²) in [5.74, 6) is -4.76. The number of carbonyl (C=O) groups excluding carboxylic acids is 1. The fourth-order valence-corrected chi connectivity index (χ4v) is 2.65. The zero-order valence-corrected chi connectivity index (χ0v) is 13.2. The largest absolute Gasteiger partial charge is 0.334 e. The molecule has 0 fully saturated rings. The molecule has 0 spiro atoms. The van der Waals surface area contributed by atoms with Gasteiger partial charge in [0.05, 0.1) is 0 Å². The molecule has 0 aliphatic heterocycles. The molecule has 3 aromatic rings. The quantitative estimate of drug-likeness (QED) is 0.568. The van der Waals surface area contributed by atoms with Crippen LogP contribution in [-0.2, 0) is 5.92 Å². The Morgan fingerprint density at radius 2 is 1.42 bits per heavy atom. The monoisotopic (exact) mass is 322 g/mol. The fraction of sp³-hybridized carbons (Fsp3) is 0.0952. The standard InChI is InChI=1S/C21H16F2O/c1-15-12-13-18(14-19(15)16-8-4-2-5-9-16)21(22,23)20(24)17-10-6-3-7-11-17/h2-14H,1H3. The number of halogens is 2. The van der Waals surface area contributed by atoms with E-state index >= 15 is 0 Å². The molecule has 0 aliphatic carbocycles. The van der Waals surface area contributed by atoms with Crippen molar-refractivity contribution in [3.05, 3.63) is 95.6 Å². The second-order valence-electron chi connectivity index (χ2n) is 5.67. The summed E-state index contributed by atoms with van der Waals surface area (Å²) in [7, 11) is 0. The Hall–Kier alpha value is -2.81. The normalized spacial score (nSPS) is 11.3. The van der Waals surface area contributed by atoms with E-state index < -0.39 is 11.7 Å². The molecule has 0 heterocycles. The number of benzene rings is 3. The fourth-order valence-electron chi connectivity index (χ4n) is 2.65. The van der Waals surface area contributed by atoms with Gasteiger partial charge in [0.2, 0.25) is 5.78 Å². The molecule has 24 heavy (non-hydrogen) atoms. The number of alkyl halides is 2. The third-order valence-corrected chi connectivity index (χ3v) is 4.01. The summed E-state index contributed by atoms with van der Waals surface area (Å²) < 4.78 is 29.4.